The number of carbonyl (C=O) groups excluding carboxylic acids is 1. The summed E-state index contributed by atoms with van der Waals surface area (Å²) < 4.78 is 11.5. The van der Waals surface area contributed by atoms with E-state index in [1.165, 1.54) is 0 Å². The van der Waals surface area contributed by atoms with Gasteiger partial charge in [0.05, 0.1) is 11.7 Å². The minimum absolute atomic E-state index is 0.378. The molecule has 0 aromatic heterocycles. The lowest BCUT2D eigenvalue weighted by atomic mass is 9.92. The van der Waals surface area contributed by atoms with Crippen molar-refractivity contribution in [3.8, 4) is 5.75 Å². The fourth-order valence-electron chi connectivity index (χ4n) is 3.90. The van der Waals surface area contributed by atoms with Crippen LogP contribution >= 0.6 is 0 Å². The standard InChI is InChI=1S/C26H29N3O3/c1-16-24(27)28-21-15-18(13-14-22(21)31-16)23(29(5)25(30)32-26(2,3)4)20-12-8-10-17-9-6-7-11-19(17)20/h6-15,23,28H,27H2,1-5H3. The van der Waals surface area contributed by atoms with Crippen molar-refractivity contribution in [3.63, 3.8) is 0 Å². The second-order valence-corrected chi connectivity index (χ2v) is 9.01. The molecule has 3 aromatic carbocycles. The maximum Gasteiger partial charge on any atom is 0.410 e. The number of carbonyl (C=O) groups is 1. The maximum atomic E-state index is 13.1. The number of hydrogen-bond donors (Lipinski definition) is 2. The monoisotopic (exact) mass is 431 g/mol. The third-order valence-corrected chi connectivity index (χ3v) is 5.42. The van der Waals surface area contributed by atoms with Crippen molar-refractivity contribution in [1.29, 1.82) is 0 Å². The molecule has 1 aliphatic rings. The van der Waals surface area contributed by atoms with E-state index in [2.05, 4.69) is 29.6 Å². The number of anilines is 1. The highest BCUT2D eigenvalue weighted by atomic mass is 16.6. The molecule has 3 aromatic rings. The summed E-state index contributed by atoms with van der Waals surface area (Å²) in [6.45, 7) is 7.41. The molecule has 0 bridgehead atoms. The first-order valence-corrected chi connectivity index (χ1v) is 10.6. The van der Waals surface area contributed by atoms with Crippen molar-refractivity contribution < 1.29 is 14.3 Å². The van der Waals surface area contributed by atoms with Crippen LogP contribution in [0.4, 0.5) is 10.5 Å². The second kappa shape index (κ2) is 8.11. The third kappa shape index (κ3) is 4.21. The molecule has 0 aliphatic carbocycles. The van der Waals surface area contributed by atoms with E-state index >= 15 is 0 Å². The van der Waals surface area contributed by atoms with Crippen LogP contribution < -0.4 is 15.8 Å². The van der Waals surface area contributed by atoms with Crippen LogP contribution in [0, 0.1) is 0 Å². The van der Waals surface area contributed by atoms with Crippen LogP contribution in [0.3, 0.4) is 0 Å². The molecule has 6 nitrogen and oxygen atoms in total. The predicted octanol–water partition coefficient (Wildman–Crippen LogP) is 5.75. The highest BCUT2D eigenvalue weighted by Crippen LogP contribution is 2.39. The van der Waals surface area contributed by atoms with Crippen molar-refractivity contribution in [2.75, 3.05) is 12.4 Å². The summed E-state index contributed by atoms with van der Waals surface area (Å²) in [6, 6.07) is 19.8. The zero-order valence-corrected chi connectivity index (χ0v) is 19.1. The van der Waals surface area contributed by atoms with Gasteiger partial charge in [-0.3, -0.25) is 0 Å². The number of hydrogen-bond acceptors (Lipinski definition) is 5. The molecule has 0 spiro atoms. The Morgan fingerprint density at radius 2 is 1.81 bits per heavy atom. The summed E-state index contributed by atoms with van der Waals surface area (Å²) in [4.78, 5) is 14.7. The van der Waals surface area contributed by atoms with Crippen LogP contribution in [-0.2, 0) is 4.74 Å². The summed E-state index contributed by atoms with van der Waals surface area (Å²) in [6.07, 6.45) is -0.396. The number of fused-ring (bicyclic) bond motifs is 2. The van der Waals surface area contributed by atoms with E-state index in [9.17, 15) is 4.79 Å². The van der Waals surface area contributed by atoms with Gasteiger partial charge in [0.15, 0.2) is 5.75 Å². The Morgan fingerprint density at radius 3 is 2.56 bits per heavy atom. The van der Waals surface area contributed by atoms with Crippen molar-refractivity contribution in [3.05, 3.63) is 83.4 Å². The van der Waals surface area contributed by atoms with Gasteiger partial charge >= 0.3 is 6.09 Å². The molecule has 1 heterocycles. The molecule has 1 unspecified atom stereocenters. The fraction of sp³-hybridized carbons (Fsp3) is 0.269. The summed E-state index contributed by atoms with van der Waals surface area (Å²) in [5.74, 6) is 1.79. The van der Waals surface area contributed by atoms with Crippen LogP contribution in [0.15, 0.2) is 72.2 Å². The molecule has 6 heteroatoms. The molecular weight excluding hydrogens is 402 g/mol. The van der Waals surface area contributed by atoms with Gasteiger partial charge in [-0.15, -0.1) is 0 Å². The highest BCUT2D eigenvalue weighted by Gasteiger charge is 2.30. The normalized spacial score (nSPS) is 14.3. The second-order valence-electron chi connectivity index (χ2n) is 9.01. The van der Waals surface area contributed by atoms with Crippen LogP contribution in [0.25, 0.3) is 10.8 Å². The number of nitrogens with two attached hydrogens (primary N) is 1. The van der Waals surface area contributed by atoms with Gasteiger partial charge in [-0.1, -0.05) is 48.5 Å². The maximum absolute atomic E-state index is 13.1. The van der Waals surface area contributed by atoms with Gasteiger partial charge in [-0.2, -0.15) is 0 Å². The Morgan fingerprint density at radius 1 is 1.09 bits per heavy atom. The first-order valence-electron chi connectivity index (χ1n) is 10.6. The van der Waals surface area contributed by atoms with Crippen molar-refractivity contribution >= 4 is 22.6 Å². The van der Waals surface area contributed by atoms with Crippen LogP contribution in [0.5, 0.6) is 5.75 Å². The minimum atomic E-state index is -0.601. The zero-order chi connectivity index (χ0) is 23.0. The molecule has 1 amide bonds. The van der Waals surface area contributed by atoms with E-state index in [1.807, 2.05) is 64.1 Å². The van der Waals surface area contributed by atoms with E-state index in [0.717, 1.165) is 27.6 Å². The van der Waals surface area contributed by atoms with Gasteiger partial charge in [0.1, 0.15) is 17.2 Å². The lowest BCUT2D eigenvalue weighted by Gasteiger charge is -2.32. The molecule has 166 valence electrons. The van der Waals surface area contributed by atoms with Gasteiger partial charge in [0.2, 0.25) is 0 Å². The Balaban J connectivity index is 1.84. The summed E-state index contributed by atoms with van der Waals surface area (Å²) >= 11 is 0. The van der Waals surface area contributed by atoms with Gasteiger partial charge in [-0.25, -0.2) is 4.79 Å². The van der Waals surface area contributed by atoms with Gasteiger partial charge < -0.3 is 25.4 Å². The summed E-state index contributed by atoms with van der Waals surface area (Å²) in [7, 11) is 1.77. The molecule has 32 heavy (non-hydrogen) atoms. The van der Waals surface area contributed by atoms with Gasteiger partial charge in [0, 0.05) is 7.05 Å². The Kier molecular flexibility index (Phi) is 5.46. The molecule has 1 atom stereocenters. The number of nitrogens with zero attached hydrogens (tertiary/aromatic N) is 1. The Hall–Kier alpha value is -3.67. The lowest BCUT2D eigenvalue weighted by molar-refractivity contribution is 0.0249. The zero-order valence-electron chi connectivity index (χ0n) is 19.1. The topological polar surface area (TPSA) is 76.8 Å². The molecular formula is C26H29N3O3. The van der Waals surface area contributed by atoms with Crippen molar-refractivity contribution in [2.24, 2.45) is 5.73 Å². The van der Waals surface area contributed by atoms with Crippen LogP contribution in [0.1, 0.15) is 44.9 Å². The molecule has 3 N–H and O–H groups in total. The number of nitrogens with one attached hydrogen (secondary N) is 1. The van der Waals surface area contributed by atoms with Gasteiger partial charge in [-0.05, 0) is 61.7 Å². The van der Waals surface area contributed by atoms with E-state index < -0.39 is 11.7 Å². The predicted molar refractivity (Wildman–Crippen MR) is 127 cm³/mol. The average molecular weight is 432 g/mol. The fourth-order valence-corrected chi connectivity index (χ4v) is 3.90. The smallest absolute Gasteiger partial charge is 0.410 e. The van der Waals surface area contributed by atoms with E-state index in [4.69, 9.17) is 15.2 Å². The first-order chi connectivity index (χ1) is 15.1. The molecule has 0 fully saturated rings. The van der Waals surface area contributed by atoms with E-state index in [0.29, 0.717) is 17.3 Å². The molecule has 4 rings (SSSR count). The largest absolute Gasteiger partial charge is 0.456 e. The Bertz CT molecular complexity index is 1210. The minimum Gasteiger partial charge on any atom is -0.456 e. The number of allylic oxidation sites excluding steroid dienone is 1. The number of benzene rings is 3. The van der Waals surface area contributed by atoms with Gasteiger partial charge in [0.25, 0.3) is 0 Å². The van der Waals surface area contributed by atoms with Crippen LogP contribution in [-0.4, -0.2) is 23.6 Å². The molecule has 0 saturated heterocycles. The molecule has 0 saturated carbocycles. The van der Waals surface area contributed by atoms with Crippen molar-refractivity contribution in [2.45, 2.75) is 39.3 Å². The quantitative estimate of drug-likeness (QED) is 0.552. The highest BCUT2D eigenvalue weighted by molar-refractivity contribution is 5.87. The SMILES string of the molecule is CC1=C(N)Nc2cc(C(c3cccc4ccccc34)N(C)C(=O)OC(C)(C)C)ccc2O1. The average Bonchev–Trinajstić information content (AvgIpc) is 2.74. The molecule has 0 radical (unpaired) electrons. The lowest BCUT2D eigenvalue weighted by Crippen LogP contribution is -2.37. The summed E-state index contributed by atoms with van der Waals surface area (Å²) in [5.41, 5.74) is 8.12. The molecule has 1 aliphatic heterocycles. The van der Waals surface area contributed by atoms with E-state index in [1.54, 1.807) is 11.9 Å². The third-order valence-electron chi connectivity index (χ3n) is 5.42. The van der Waals surface area contributed by atoms with Crippen molar-refractivity contribution in [1.82, 2.24) is 4.90 Å². The number of ether oxygens (including phenoxy) is 2. The van der Waals surface area contributed by atoms with E-state index in [-0.39, 0.29) is 6.04 Å². The number of rotatable bonds is 3. The number of amides is 1. The first kappa shape index (κ1) is 21.6. The summed E-state index contributed by atoms with van der Waals surface area (Å²) in [5, 5.41) is 5.38. The van der Waals surface area contributed by atoms with Crippen LogP contribution in [0.2, 0.25) is 0 Å². The Labute approximate surface area is 188 Å².